The van der Waals surface area contributed by atoms with Gasteiger partial charge < -0.3 is 14.8 Å². The van der Waals surface area contributed by atoms with Crippen molar-refractivity contribution in [3.8, 4) is 11.5 Å². The molecule has 6 heteroatoms. The largest absolute Gasteiger partial charge is 0.497 e. The number of carbonyl (C=O) groups excluding carboxylic acids is 1. The molecule has 4 nitrogen and oxygen atoms in total. The number of methoxy groups -OCH3 is 1. The number of rotatable bonds is 8. The van der Waals surface area contributed by atoms with E-state index >= 15 is 0 Å². The lowest BCUT2D eigenvalue weighted by atomic mass is 10.1. The van der Waals surface area contributed by atoms with E-state index in [0.717, 1.165) is 16.2 Å². The van der Waals surface area contributed by atoms with Gasteiger partial charge in [0, 0.05) is 4.88 Å². The molecule has 140 valence electrons. The Balaban J connectivity index is 1.58. The van der Waals surface area contributed by atoms with Crippen molar-refractivity contribution in [3.05, 3.63) is 82.3 Å². The second-order valence-electron chi connectivity index (χ2n) is 5.84. The number of ether oxygens (including phenoxy) is 2. The first-order valence-corrected chi connectivity index (χ1v) is 9.39. The standard InChI is InChI=1S/C21H20FNO3S/c1-25-17-8-10-18(11-9-17)26-13-12-20(24)23-21(19-3-2-14-27-19)15-4-6-16(22)7-5-15/h2-11,14,21H,12-13H2,1H3,(H,23,24)/t21-/m1/s1. The van der Waals surface area contributed by atoms with Crippen molar-refractivity contribution in [2.75, 3.05) is 13.7 Å². The van der Waals surface area contributed by atoms with Crippen LogP contribution in [0.3, 0.4) is 0 Å². The molecule has 1 amide bonds. The monoisotopic (exact) mass is 385 g/mol. The van der Waals surface area contributed by atoms with E-state index < -0.39 is 0 Å². The second kappa shape index (κ2) is 9.19. The molecule has 1 atom stereocenters. The minimum atomic E-state index is -0.306. The van der Waals surface area contributed by atoms with Crippen LogP contribution >= 0.6 is 11.3 Å². The first-order chi connectivity index (χ1) is 13.2. The number of carbonyl (C=O) groups is 1. The summed E-state index contributed by atoms with van der Waals surface area (Å²) in [7, 11) is 1.60. The van der Waals surface area contributed by atoms with Crippen LogP contribution in [0.4, 0.5) is 4.39 Å². The van der Waals surface area contributed by atoms with Crippen molar-refractivity contribution in [3.63, 3.8) is 0 Å². The molecule has 0 saturated carbocycles. The van der Waals surface area contributed by atoms with Crippen LogP contribution in [0, 0.1) is 5.82 Å². The minimum absolute atomic E-state index is 0.133. The maximum Gasteiger partial charge on any atom is 0.224 e. The predicted molar refractivity (Wildman–Crippen MR) is 104 cm³/mol. The topological polar surface area (TPSA) is 47.6 Å². The average molecular weight is 385 g/mol. The molecule has 0 saturated heterocycles. The number of halogens is 1. The molecule has 1 heterocycles. The Morgan fingerprint density at radius 3 is 2.41 bits per heavy atom. The number of benzene rings is 2. The predicted octanol–water partition coefficient (Wildman–Crippen LogP) is 4.57. The number of hydrogen-bond donors (Lipinski definition) is 1. The van der Waals surface area contributed by atoms with Gasteiger partial charge in [-0.05, 0) is 53.4 Å². The molecule has 0 unspecified atom stereocenters. The van der Waals surface area contributed by atoms with E-state index in [4.69, 9.17) is 9.47 Å². The molecule has 0 aliphatic carbocycles. The van der Waals surface area contributed by atoms with Crippen molar-refractivity contribution in [1.82, 2.24) is 5.32 Å². The van der Waals surface area contributed by atoms with E-state index in [2.05, 4.69) is 5.32 Å². The lowest BCUT2D eigenvalue weighted by Crippen LogP contribution is -2.29. The fourth-order valence-corrected chi connectivity index (χ4v) is 3.40. The van der Waals surface area contributed by atoms with Gasteiger partial charge in [0.15, 0.2) is 0 Å². The van der Waals surface area contributed by atoms with Crippen molar-refractivity contribution < 1.29 is 18.7 Å². The highest BCUT2D eigenvalue weighted by Crippen LogP contribution is 2.26. The molecule has 0 fully saturated rings. The highest BCUT2D eigenvalue weighted by Gasteiger charge is 2.18. The van der Waals surface area contributed by atoms with Crippen LogP contribution < -0.4 is 14.8 Å². The van der Waals surface area contributed by atoms with E-state index in [1.54, 1.807) is 54.8 Å². The summed E-state index contributed by atoms with van der Waals surface area (Å²) in [6, 6.07) is 16.9. The third-order valence-corrected chi connectivity index (χ3v) is 4.93. The van der Waals surface area contributed by atoms with Gasteiger partial charge in [0.25, 0.3) is 0 Å². The van der Waals surface area contributed by atoms with Crippen LogP contribution in [0.5, 0.6) is 11.5 Å². The van der Waals surface area contributed by atoms with Gasteiger partial charge in [0.05, 0.1) is 26.2 Å². The Kier molecular flexibility index (Phi) is 6.44. The summed E-state index contributed by atoms with van der Waals surface area (Å²) in [6.07, 6.45) is 0.217. The first kappa shape index (κ1) is 18.9. The Hall–Kier alpha value is -2.86. The Morgan fingerprint density at radius 1 is 1.07 bits per heavy atom. The van der Waals surface area contributed by atoms with Gasteiger partial charge in [0.2, 0.25) is 5.91 Å². The maximum absolute atomic E-state index is 13.2. The average Bonchev–Trinajstić information content (AvgIpc) is 3.22. The summed E-state index contributed by atoms with van der Waals surface area (Å²) in [6.45, 7) is 0.263. The molecule has 3 rings (SSSR count). The summed E-state index contributed by atoms with van der Waals surface area (Å²) >= 11 is 1.54. The third kappa shape index (κ3) is 5.31. The highest BCUT2D eigenvalue weighted by molar-refractivity contribution is 7.10. The van der Waals surface area contributed by atoms with Gasteiger partial charge in [-0.3, -0.25) is 4.79 Å². The zero-order valence-corrected chi connectivity index (χ0v) is 15.7. The van der Waals surface area contributed by atoms with Gasteiger partial charge in [-0.25, -0.2) is 4.39 Å². The molecule has 27 heavy (non-hydrogen) atoms. The van der Waals surface area contributed by atoms with E-state index in [1.165, 1.54) is 12.1 Å². The van der Waals surface area contributed by atoms with Crippen LogP contribution in [0.25, 0.3) is 0 Å². The van der Waals surface area contributed by atoms with E-state index in [9.17, 15) is 9.18 Å². The van der Waals surface area contributed by atoms with Crippen molar-refractivity contribution in [2.45, 2.75) is 12.5 Å². The Bertz CT molecular complexity index is 848. The molecule has 0 aliphatic heterocycles. The van der Waals surface area contributed by atoms with Gasteiger partial charge in [-0.15, -0.1) is 11.3 Å². The van der Waals surface area contributed by atoms with Crippen LogP contribution in [0.15, 0.2) is 66.0 Å². The van der Waals surface area contributed by atoms with Gasteiger partial charge in [-0.1, -0.05) is 18.2 Å². The molecule has 0 bridgehead atoms. The molecule has 1 N–H and O–H groups in total. The summed E-state index contributed by atoms with van der Waals surface area (Å²) in [5, 5.41) is 4.96. The molecular formula is C21H20FNO3S. The molecule has 3 aromatic rings. The summed E-state index contributed by atoms with van der Waals surface area (Å²) in [5.74, 6) is 0.990. The lowest BCUT2D eigenvalue weighted by Gasteiger charge is -2.18. The van der Waals surface area contributed by atoms with E-state index in [-0.39, 0.29) is 30.8 Å². The lowest BCUT2D eigenvalue weighted by molar-refractivity contribution is -0.122. The SMILES string of the molecule is COc1ccc(OCCC(=O)N[C@H](c2ccc(F)cc2)c2cccs2)cc1. The van der Waals surface area contributed by atoms with Crippen molar-refractivity contribution in [2.24, 2.45) is 0 Å². The first-order valence-electron chi connectivity index (χ1n) is 8.51. The number of amides is 1. The Labute approximate surface area is 161 Å². The van der Waals surface area contributed by atoms with Crippen molar-refractivity contribution in [1.29, 1.82) is 0 Å². The fourth-order valence-electron chi connectivity index (χ4n) is 2.60. The van der Waals surface area contributed by atoms with Crippen LogP contribution in [-0.4, -0.2) is 19.6 Å². The minimum Gasteiger partial charge on any atom is -0.497 e. The Morgan fingerprint density at radius 2 is 1.78 bits per heavy atom. The number of nitrogens with one attached hydrogen (secondary N) is 1. The molecule has 0 aliphatic rings. The van der Waals surface area contributed by atoms with Crippen LogP contribution in [-0.2, 0) is 4.79 Å². The smallest absolute Gasteiger partial charge is 0.224 e. The summed E-state index contributed by atoms with van der Waals surface area (Å²) in [4.78, 5) is 13.4. The summed E-state index contributed by atoms with van der Waals surface area (Å²) in [5.41, 5.74) is 0.836. The third-order valence-electron chi connectivity index (χ3n) is 3.99. The maximum atomic E-state index is 13.2. The van der Waals surface area contributed by atoms with Crippen LogP contribution in [0.1, 0.15) is 22.9 Å². The zero-order chi connectivity index (χ0) is 19.1. The highest BCUT2D eigenvalue weighted by atomic mass is 32.1. The van der Waals surface area contributed by atoms with E-state index in [0.29, 0.717) is 5.75 Å². The van der Waals surface area contributed by atoms with Gasteiger partial charge in [-0.2, -0.15) is 0 Å². The number of hydrogen-bond acceptors (Lipinski definition) is 4. The van der Waals surface area contributed by atoms with Gasteiger partial charge >= 0.3 is 0 Å². The second-order valence-corrected chi connectivity index (χ2v) is 6.82. The number of thiophene rings is 1. The van der Waals surface area contributed by atoms with E-state index in [1.807, 2.05) is 17.5 Å². The molecule has 0 radical (unpaired) electrons. The molecule has 2 aromatic carbocycles. The fraction of sp³-hybridized carbons (Fsp3) is 0.190. The summed E-state index contributed by atoms with van der Waals surface area (Å²) < 4.78 is 23.9. The molecule has 1 aromatic heterocycles. The van der Waals surface area contributed by atoms with Crippen molar-refractivity contribution >= 4 is 17.2 Å². The normalized spacial score (nSPS) is 11.6. The molecular weight excluding hydrogens is 365 g/mol. The zero-order valence-electron chi connectivity index (χ0n) is 14.9. The quantitative estimate of drug-likeness (QED) is 0.618. The molecule has 0 spiro atoms. The van der Waals surface area contributed by atoms with Gasteiger partial charge in [0.1, 0.15) is 17.3 Å². The van der Waals surface area contributed by atoms with Crippen LogP contribution in [0.2, 0.25) is 0 Å².